The van der Waals surface area contributed by atoms with E-state index >= 15 is 0 Å². The lowest BCUT2D eigenvalue weighted by Crippen LogP contribution is -2.69. The number of hydrogen-bond acceptors (Lipinski definition) is 15. The van der Waals surface area contributed by atoms with Crippen LogP contribution in [-0.4, -0.2) is 108 Å². The highest BCUT2D eigenvalue weighted by Gasteiger charge is 2.71. The minimum absolute atomic E-state index is 0.0928. The molecule has 9 aliphatic heterocycles. The highest BCUT2D eigenvalue weighted by molar-refractivity contribution is 5.84. The van der Waals surface area contributed by atoms with Gasteiger partial charge in [0.05, 0.1) is 75.2 Å². The van der Waals surface area contributed by atoms with Crippen LogP contribution in [0.3, 0.4) is 0 Å². The van der Waals surface area contributed by atoms with E-state index in [9.17, 15) is 14.4 Å². The average Bonchev–Trinajstić information content (AvgIpc) is 3.91. The Morgan fingerprint density at radius 1 is 0.427 bits per heavy atom. The molecule has 6 unspecified atom stereocenters. The van der Waals surface area contributed by atoms with Gasteiger partial charge in [0, 0.05) is 38.5 Å². The Kier molecular flexibility index (Phi) is 14.3. The summed E-state index contributed by atoms with van der Waals surface area (Å²) in [5.74, 6) is 1.19. The van der Waals surface area contributed by atoms with Gasteiger partial charge in [-0.25, -0.2) is 29.3 Å². The summed E-state index contributed by atoms with van der Waals surface area (Å²) in [5, 5.41) is 0. The first kappa shape index (κ1) is 53.7. The van der Waals surface area contributed by atoms with Gasteiger partial charge in [-0.15, -0.1) is 0 Å². The predicted octanol–water partition coefficient (Wildman–Crippen LogP) is 10.3. The molecule has 6 aliphatic carbocycles. The molecule has 9 heterocycles. The number of rotatable bonds is 14. The van der Waals surface area contributed by atoms with Crippen molar-refractivity contribution in [1.82, 2.24) is 0 Å². The summed E-state index contributed by atoms with van der Waals surface area (Å²) in [6.45, 7) is 20.6. The molecule has 15 aliphatic rings. The van der Waals surface area contributed by atoms with Crippen molar-refractivity contribution in [2.75, 3.05) is 19.8 Å². The van der Waals surface area contributed by atoms with Crippen molar-refractivity contribution in [3.63, 3.8) is 0 Å². The van der Waals surface area contributed by atoms with Gasteiger partial charge in [0.15, 0.2) is 0 Å². The van der Waals surface area contributed by atoms with Crippen LogP contribution in [0, 0.1) is 76.9 Å². The third-order valence-corrected chi connectivity index (χ3v) is 23.6. The van der Waals surface area contributed by atoms with Crippen molar-refractivity contribution in [2.24, 2.45) is 76.9 Å². The van der Waals surface area contributed by atoms with E-state index in [1.807, 2.05) is 0 Å². The van der Waals surface area contributed by atoms with Crippen molar-refractivity contribution < 1.29 is 72.1 Å². The van der Waals surface area contributed by atoms with Crippen molar-refractivity contribution in [3.8, 4) is 0 Å². The maximum absolute atomic E-state index is 14.2. The fourth-order valence-electron chi connectivity index (χ4n) is 19.3. The number of ether oxygens (including phenoxy) is 6. The van der Waals surface area contributed by atoms with Gasteiger partial charge >= 0.3 is 17.9 Å². The summed E-state index contributed by atoms with van der Waals surface area (Å²) in [7, 11) is 0. The molecule has 15 fully saturated rings. The smallest absolute Gasteiger partial charge is 0.310 e. The fourth-order valence-corrected chi connectivity index (χ4v) is 19.3. The van der Waals surface area contributed by atoms with Crippen LogP contribution in [0.2, 0.25) is 0 Å². The van der Waals surface area contributed by atoms with Gasteiger partial charge in [0.25, 0.3) is 0 Å². The summed E-state index contributed by atoms with van der Waals surface area (Å²) in [5.41, 5.74) is -2.56. The van der Waals surface area contributed by atoms with Gasteiger partial charge < -0.3 is 28.4 Å². The maximum atomic E-state index is 14.2. The lowest BCUT2D eigenvalue weighted by Gasteiger charge is -2.61. The van der Waals surface area contributed by atoms with Gasteiger partial charge in [-0.05, 0) is 169 Å². The van der Waals surface area contributed by atoms with E-state index in [1.165, 1.54) is 0 Å². The summed E-state index contributed by atoms with van der Waals surface area (Å²) >= 11 is 0. The van der Waals surface area contributed by atoms with E-state index in [4.69, 9.17) is 57.7 Å². The Bertz CT molecular complexity index is 2040. The number of carbonyl (C=O) groups excluding carboxylic acids is 3. The Morgan fingerprint density at radius 2 is 0.747 bits per heavy atom. The van der Waals surface area contributed by atoms with E-state index in [-0.39, 0.29) is 116 Å². The fraction of sp³-hybridized carbons (Fsp3) is 0.950. The summed E-state index contributed by atoms with van der Waals surface area (Å²) in [4.78, 5) is 80.1. The maximum Gasteiger partial charge on any atom is 0.310 e. The predicted molar refractivity (Wildman–Crippen MR) is 271 cm³/mol. The largest absolute Gasteiger partial charge is 0.466 e. The molecule has 0 radical (unpaired) electrons. The molecule has 0 N–H and O–H groups in total. The van der Waals surface area contributed by atoms with Crippen LogP contribution in [0.5, 0.6) is 0 Å². The molecule has 24 atom stereocenters. The molecule has 15 nitrogen and oxygen atoms in total. The van der Waals surface area contributed by atoms with Crippen molar-refractivity contribution in [2.45, 2.75) is 261 Å². The molecule has 6 saturated carbocycles. The first-order chi connectivity index (χ1) is 35.8. The van der Waals surface area contributed by atoms with Crippen LogP contribution >= 0.6 is 0 Å². The number of carbonyl (C=O) groups is 3. The highest BCUT2D eigenvalue weighted by Crippen LogP contribution is 2.65. The Labute approximate surface area is 446 Å². The minimum Gasteiger partial charge on any atom is -0.466 e. The van der Waals surface area contributed by atoms with E-state index in [2.05, 4.69) is 62.3 Å². The molecular weight excluding hydrogens is 961 g/mol. The van der Waals surface area contributed by atoms with Gasteiger partial charge in [-0.3, -0.25) is 14.4 Å². The van der Waals surface area contributed by atoms with Crippen molar-refractivity contribution in [3.05, 3.63) is 0 Å². The van der Waals surface area contributed by atoms with Crippen LogP contribution in [-0.2, 0) is 72.1 Å². The zero-order valence-electron chi connectivity index (χ0n) is 46.9. The third kappa shape index (κ3) is 8.92. The quantitative estimate of drug-likeness (QED) is 0.0917. The van der Waals surface area contributed by atoms with E-state index in [0.717, 1.165) is 96.3 Å². The van der Waals surface area contributed by atoms with Crippen molar-refractivity contribution in [1.29, 1.82) is 0 Å². The Balaban J connectivity index is 0.689. The van der Waals surface area contributed by atoms with Crippen LogP contribution in [0.25, 0.3) is 0 Å². The molecule has 75 heavy (non-hydrogen) atoms. The van der Waals surface area contributed by atoms with Crippen LogP contribution < -0.4 is 0 Å². The second-order valence-corrected chi connectivity index (χ2v) is 28.1. The standard InChI is InChI=1S/C60H92O15/c1-33-10-13-43-36(4)46(67-49-30-55(7)22-16-40(33)58(43,49)73-70-55)19-25-64-52(61)28-39(54(63)66-27-21-48-38(6)45-15-12-35(3)42-18-24-57(9)32-51(69-48)60(42,45)75-72-57)29-53(62)65-26-20-47-37(5)44-14-11-34(2)41-17-23-56(8)31-50(68-47)59(41,44)74-71-56/h33-51H,10-32H2,1-9H3/t33-,34-,35-,36-,37-,38-,39?,40+,41+,42+,43+,44+,45+,46?,47?,48?,49-,50-,51-,55?,56?,57?,58-,59-,60-/m1/s1. The second kappa shape index (κ2) is 19.9. The van der Waals surface area contributed by atoms with Crippen molar-refractivity contribution >= 4 is 17.9 Å². The zero-order chi connectivity index (χ0) is 52.5. The minimum atomic E-state index is -1.09. The lowest BCUT2D eigenvalue weighted by atomic mass is 9.56. The van der Waals surface area contributed by atoms with Gasteiger partial charge in [-0.1, -0.05) is 41.5 Å². The number of hydrogen-bond donors (Lipinski definition) is 0. The topological polar surface area (TPSA) is 162 Å². The SMILES string of the molecule is C[C@@H]1CC[C@H]2[C@@H](C)C(CCOC(=O)CC(CC(=O)OCCC3O[C@@H]4CC5(C)CC[C@H]6[C@H](C)CC[C@@H]([C@H]3C)[C@@]46OO5)C(=O)OCCC3O[C@@H]4CC5(C)CC[C@H]6[C@H](C)CC[C@@H]([C@H]3C)[C@@]46OO5)O[C@@H]3CC4(C)CC[C@@H]1[C@]32OO4. The molecule has 15 heteroatoms. The molecule has 0 aromatic rings. The molecule has 0 aromatic heterocycles. The molecule has 0 aromatic carbocycles. The highest BCUT2D eigenvalue weighted by atomic mass is 17.2. The van der Waals surface area contributed by atoms with Gasteiger partial charge in [0.2, 0.25) is 0 Å². The van der Waals surface area contributed by atoms with Gasteiger partial charge in [-0.2, -0.15) is 0 Å². The first-order valence-electron chi connectivity index (χ1n) is 30.3. The van der Waals surface area contributed by atoms with Crippen LogP contribution in [0.1, 0.15) is 191 Å². The zero-order valence-corrected chi connectivity index (χ0v) is 46.9. The summed E-state index contributed by atoms with van der Waals surface area (Å²) in [6, 6.07) is 0. The molecule has 15 rings (SSSR count). The Morgan fingerprint density at radius 3 is 1.08 bits per heavy atom. The lowest BCUT2D eigenvalue weighted by molar-refractivity contribution is -0.487. The number of fused-ring (bicyclic) bond motifs is 6. The van der Waals surface area contributed by atoms with E-state index < -0.39 is 46.2 Å². The average molecular weight is 1050 g/mol. The Hall–Kier alpha value is -1.95. The molecule has 3 spiro atoms. The monoisotopic (exact) mass is 1050 g/mol. The van der Waals surface area contributed by atoms with E-state index in [1.54, 1.807) is 0 Å². The van der Waals surface area contributed by atoms with E-state index in [0.29, 0.717) is 54.8 Å². The normalized spacial score (nSPS) is 52.4. The van der Waals surface area contributed by atoms with Crippen LogP contribution in [0.15, 0.2) is 0 Å². The summed E-state index contributed by atoms with van der Waals surface area (Å²) < 4.78 is 38.9. The molecule has 6 bridgehead atoms. The number of esters is 3. The molecule has 422 valence electrons. The second-order valence-electron chi connectivity index (χ2n) is 28.1. The molecular formula is C60H92O15. The molecule has 9 saturated heterocycles. The van der Waals surface area contributed by atoms with Crippen LogP contribution in [0.4, 0.5) is 0 Å². The first-order valence-corrected chi connectivity index (χ1v) is 30.3. The summed E-state index contributed by atoms with van der Waals surface area (Å²) in [6.07, 6.45) is 15.2. The molecule has 0 amide bonds. The third-order valence-electron chi connectivity index (χ3n) is 23.6. The van der Waals surface area contributed by atoms with Gasteiger partial charge in [0.1, 0.15) is 33.6 Å².